The number of allylic oxidation sites excluding steroid dienone is 2. The first kappa shape index (κ1) is 17.4. The summed E-state index contributed by atoms with van der Waals surface area (Å²) in [5.41, 5.74) is 4.59. The van der Waals surface area contributed by atoms with Gasteiger partial charge < -0.3 is 4.84 Å². The molecule has 1 aromatic carbocycles. The van der Waals surface area contributed by atoms with Crippen molar-refractivity contribution < 1.29 is 9.63 Å². The predicted octanol–water partition coefficient (Wildman–Crippen LogP) is 5.54. The Morgan fingerprint density at radius 2 is 1.52 bits per heavy atom. The van der Waals surface area contributed by atoms with Crippen LogP contribution < -0.4 is 10.8 Å². The SMILES string of the molecule is O=C(Nc1ccccc1)ON/C1=C/CCCCCCCCCC1. The van der Waals surface area contributed by atoms with E-state index in [1.807, 2.05) is 30.3 Å². The van der Waals surface area contributed by atoms with Gasteiger partial charge >= 0.3 is 6.09 Å². The van der Waals surface area contributed by atoms with E-state index in [9.17, 15) is 4.79 Å². The molecule has 23 heavy (non-hydrogen) atoms. The van der Waals surface area contributed by atoms with Crippen LogP contribution in [-0.2, 0) is 4.84 Å². The summed E-state index contributed by atoms with van der Waals surface area (Å²) in [5, 5.41) is 2.70. The fourth-order valence-corrected chi connectivity index (χ4v) is 2.77. The highest BCUT2D eigenvalue weighted by molar-refractivity contribution is 5.84. The van der Waals surface area contributed by atoms with E-state index in [1.165, 1.54) is 44.9 Å². The molecule has 0 aliphatic heterocycles. The summed E-state index contributed by atoms with van der Waals surface area (Å²) >= 11 is 0. The standard InChI is InChI=1S/C19H28N2O2/c22-19(20-17-13-11-8-12-14-17)23-21-18-15-9-6-4-2-1-3-5-7-10-16-18/h8,11-15,21H,1-7,9-10,16H2,(H,20,22)/b18-15+. The first-order valence-corrected chi connectivity index (χ1v) is 8.82. The second-order valence-corrected chi connectivity index (χ2v) is 6.08. The Morgan fingerprint density at radius 1 is 0.870 bits per heavy atom. The molecule has 1 amide bonds. The van der Waals surface area contributed by atoms with Gasteiger partial charge in [0.25, 0.3) is 0 Å². The van der Waals surface area contributed by atoms with Gasteiger partial charge in [0.05, 0.1) is 0 Å². The molecule has 1 aliphatic rings. The van der Waals surface area contributed by atoms with Gasteiger partial charge in [0.1, 0.15) is 0 Å². The monoisotopic (exact) mass is 316 g/mol. The number of hydrogen-bond acceptors (Lipinski definition) is 3. The van der Waals surface area contributed by atoms with Gasteiger partial charge in [0, 0.05) is 11.4 Å². The van der Waals surface area contributed by atoms with Crippen LogP contribution in [0.1, 0.15) is 64.2 Å². The molecule has 4 heteroatoms. The number of amides is 1. The van der Waals surface area contributed by atoms with E-state index >= 15 is 0 Å². The van der Waals surface area contributed by atoms with Crippen molar-refractivity contribution in [1.82, 2.24) is 5.48 Å². The van der Waals surface area contributed by atoms with Gasteiger partial charge in [-0.15, -0.1) is 0 Å². The van der Waals surface area contributed by atoms with Crippen LogP contribution in [0.4, 0.5) is 10.5 Å². The second kappa shape index (κ2) is 10.7. The third kappa shape index (κ3) is 7.73. The molecular weight excluding hydrogens is 288 g/mol. The highest BCUT2D eigenvalue weighted by Gasteiger charge is 2.05. The van der Waals surface area contributed by atoms with Crippen LogP contribution in [0.3, 0.4) is 0 Å². The zero-order valence-corrected chi connectivity index (χ0v) is 13.9. The molecule has 0 radical (unpaired) electrons. The molecule has 0 bridgehead atoms. The lowest BCUT2D eigenvalue weighted by molar-refractivity contribution is 0.117. The minimum absolute atomic E-state index is 0.483. The third-order valence-corrected chi connectivity index (χ3v) is 4.09. The molecule has 1 aliphatic carbocycles. The predicted molar refractivity (Wildman–Crippen MR) is 93.9 cm³/mol. The number of carbonyl (C=O) groups excluding carboxylic acids is 1. The Morgan fingerprint density at radius 3 is 2.26 bits per heavy atom. The molecule has 0 aromatic heterocycles. The van der Waals surface area contributed by atoms with Crippen molar-refractivity contribution in [3.8, 4) is 0 Å². The Bertz CT molecular complexity index is 485. The molecule has 0 unspecified atom stereocenters. The molecule has 1 aromatic rings. The maximum absolute atomic E-state index is 11.8. The van der Waals surface area contributed by atoms with E-state index in [-0.39, 0.29) is 0 Å². The summed E-state index contributed by atoms with van der Waals surface area (Å²) < 4.78 is 0. The summed E-state index contributed by atoms with van der Waals surface area (Å²) in [7, 11) is 0. The molecule has 126 valence electrons. The molecular formula is C19H28N2O2. The number of carbonyl (C=O) groups is 1. The van der Waals surface area contributed by atoms with Crippen LogP contribution >= 0.6 is 0 Å². The summed E-state index contributed by atoms with van der Waals surface area (Å²) in [4.78, 5) is 17.0. The molecule has 0 atom stereocenters. The fraction of sp³-hybridized carbons (Fsp3) is 0.526. The van der Waals surface area contributed by atoms with Gasteiger partial charge in [-0.2, -0.15) is 0 Å². The Balaban J connectivity index is 1.77. The number of hydroxylamine groups is 1. The van der Waals surface area contributed by atoms with Crippen LogP contribution in [0.25, 0.3) is 0 Å². The minimum atomic E-state index is -0.483. The topological polar surface area (TPSA) is 50.4 Å². The zero-order chi connectivity index (χ0) is 16.2. The van der Waals surface area contributed by atoms with Gasteiger partial charge in [-0.1, -0.05) is 62.8 Å². The average Bonchev–Trinajstić information content (AvgIpc) is 2.55. The van der Waals surface area contributed by atoms with E-state index in [2.05, 4.69) is 16.9 Å². The highest BCUT2D eigenvalue weighted by Crippen LogP contribution is 2.15. The maximum Gasteiger partial charge on any atom is 0.435 e. The van der Waals surface area contributed by atoms with Crippen molar-refractivity contribution in [2.75, 3.05) is 5.32 Å². The summed E-state index contributed by atoms with van der Waals surface area (Å²) in [6.07, 6.45) is 13.9. The van der Waals surface area contributed by atoms with Gasteiger partial charge in [-0.05, 0) is 37.8 Å². The smallest absolute Gasteiger partial charge is 0.324 e. The summed E-state index contributed by atoms with van der Waals surface area (Å²) in [5.74, 6) is 0. The van der Waals surface area contributed by atoms with E-state index < -0.39 is 6.09 Å². The molecule has 2 rings (SSSR count). The number of rotatable bonds is 3. The van der Waals surface area contributed by atoms with Crippen molar-refractivity contribution in [2.45, 2.75) is 64.2 Å². The minimum Gasteiger partial charge on any atom is -0.324 e. The Hall–Kier alpha value is -1.97. The van der Waals surface area contributed by atoms with Crippen LogP contribution in [-0.4, -0.2) is 6.09 Å². The lowest BCUT2D eigenvalue weighted by Crippen LogP contribution is -2.23. The van der Waals surface area contributed by atoms with Crippen molar-refractivity contribution in [2.24, 2.45) is 0 Å². The van der Waals surface area contributed by atoms with Crippen molar-refractivity contribution in [1.29, 1.82) is 0 Å². The summed E-state index contributed by atoms with van der Waals surface area (Å²) in [6.45, 7) is 0. The zero-order valence-electron chi connectivity index (χ0n) is 13.9. The van der Waals surface area contributed by atoms with E-state index in [0.717, 1.165) is 30.6 Å². The number of benzene rings is 1. The molecule has 4 nitrogen and oxygen atoms in total. The number of anilines is 1. The number of nitrogens with one attached hydrogen (secondary N) is 2. The Kier molecular flexibility index (Phi) is 8.09. The van der Waals surface area contributed by atoms with Gasteiger partial charge in [-0.25, -0.2) is 10.3 Å². The normalized spacial score (nSPS) is 19.4. The Labute approximate surface area is 139 Å². The number of hydrogen-bond donors (Lipinski definition) is 2. The second-order valence-electron chi connectivity index (χ2n) is 6.08. The first-order valence-electron chi connectivity index (χ1n) is 8.82. The molecule has 2 N–H and O–H groups in total. The molecule has 0 spiro atoms. The van der Waals surface area contributed by atoms with Crippen molar-refractivity contribution in [3.05, 3.63) is 42.1 Å². The molecule has 0 heterocycles. The average molecular weight is 316 g/mol. The van der Waals surface area contributed by atoms with Crippen LogP contribution in [0, 0.1) is 0 Å². The molecule has 0 fully saturated rings. The third-order valence-electron chi connectivity index (χ3n) is 4.09. The summed E-state index contributed by atoms with van der Waals surface area (Å²) in [6, 6.07) is 9.31. The maximum atomic E-state index is 11.8. The number of para-hydroxylation sites is 1. The molecule has 0 saturated heterocycles. The highest BCUT2D eigenvalue weighted by atomic mass is 16.7. The van der Waals surface area contributed by atoms with Crippen LogP contribution in [0.5, 0.6) is 0 Å². The van der Waals surface area contributed by atoms with Crippen molar-refractivity contribution in [3.63, 3.8) is 0 Å². The van der Waals surface area contributed by atoms with Crippen LogP contribution in [0.2, 0.25) is 0 Å². The van der Waals surface area contributed by atoms with E-state index in [0.29, 0.717) is 0 Å². The first-order chi connectivity index (χ1) is 11.3. The van der Waals surface area contributed by atoms with Crippen LogP contribution in [0.15, 0.2) is 42.1 Å². The van der Waals surface area contributed by atoms with Gasteiger partial charge in [0.2, 0.25) is 0 Å². The largest absolute Gasteiger partial charge is 0.435 e. The lowest BCUT2D eigenvalue weighted by atomic mass is 10.0. The van der Waals surface area contributed by atoms with E-state index in [1.54, 1.807) is 0 Å². The van der Waals surface area contributed by atoms with Gasteiger partial charge in [0.15, 0.2) is 0 Å². The lowest BCUT2D eigenvalue weighted by Gasteiger charge is -2.12. The van der Waals surface area contributed by atoms with Crippen molar-refractivity contribution >= 4 is 11.8 Å². The van der Waals surface area contributed by atoms with E-state index in [4.69, 9.17) is 4.84 Å². The fourth-order valence-electron chi connectivity index (χ4n) is 2.77. The van der Waals surface area contributed by atoms with Gasteiger partial charge in [-0.3, -0.25) is 5.32 Å². The molecule has 0 saturated carbocycles. The quantitative estimate of drug-likeness (QED) is 0.720.